The molecule has 4 aromatic rings. The number of benzene rings is 3. The van der Waals surface area contributed by atoms with Crippen molar-refractivity contribution in [2.75, 3.05) is 0 Å². The largest absolute Gasteiger partial charge is 0.478 e. The van der Waals surface area contributed by atoms with Crippen LogP contribution in [0, 0.1) is 6.92 Å². The van der Waals surface area contributed by atoms with Crippen LogP contribution in [0.5, 0.6) is 5.75 Å². The number of carboxylic acids is 1. The average Bonchev–Trinajstić information content (AvgIpc) is 3.13. The quantitative estimate of drug-likeness (QED) is 0.251. The molecule has 0 aliphatic carbocycles. The normalized spacial score (nSPS) is 12.8. The van der Waals surface area contributed by atoms with Crippen LogP contribution in [0.25, 0.3) is 10.9 Å². The van der Waals surface area contributed by atoms with Crippen molar-refractivity contribution in [2.24, 2.45) is 7.05 Å². The molecule has 4 rings (SSSR count). The van der Waals surface area contributed by atoms with Crippen molar-refractivity contribution in [3.8, 4) is 5.75 Å². The monoisotopic (exact) mass is 552 g/mol. The third kappa shape index (κ3) is 5.98. The van der Waals surface area contributed by atoms with Crippen molar-refractivity contribution in [3.05, 3.63) is 100 Å². The maximum Gasteiger partial charge on any atom is 0.416 e. The second-order valence-corrected chi connectivity index (χ2v) is 10.4. The van der Waals surface area contributed by atoms with E-state index in [0.29, 0.717) is 23.3 Å². The van der Waals surface area contributed by atoms with E-state index in [0.717, 1.165) is 39.9 Å². The molecule has 210 valence electrons. The Morgan fingerprint density at radius 1 is 1.00 bits per heavy atom. The van der Waals surface area contributed by atoms with Crippen LogP contribution in [0.3, 0.4) is 0 Å². The number of amides is 1. The van der Waals surface area contributed by atoms with Crippen molar-refractivity contribution < 1.29 is 32.6 Å². The number of aliphatic carboxylic acids is 1. The Bertz CT molecular complexity index is 1550. The zero-order valence-corrected chi connectivity index (χ0v) is 22.9. The fourth-order valence-electron chi connectivity index (χ4n) is 4.55. The van der Waals surface area contributed by atoms with Gasteiger partial charge in [-0.3, -0.25) is 4.79 Å². The van der Waals surface area contributed by atoms with Gasteiger partial charge in [-0.2, -0.15) is 13.2 Å². The van der Waals surface area contributed by atoms with Crippen molar-refractivity contribution in [2.45, 2.75) is 51.9 Å². The molecule has 1 atom stereocenters. The number of carboxylic acid groups (broad SMARTS) is 1. The molecule has 0 aliphatic heterocycles. The molecule has 40 heavy (non-hydrogen) atoms. The summed E-state index contributed by atoms with van der Waals surface area (Å²) < 4.78 is 46.2. The van der Waals surface area contributed by atoms with Gasteiger partial charge >= 0.3 is 12.1 Å². The van der Waals surface area contributed by atoms with E-state index in [1.807, 2.05) is 42.8 Å². The summed E-state index contributed by atoms with van der Waals surface area (Å²) in [6.07, 6.45) is -3.79. The van der Waals surface area contributed by atoms with E-state index in [9.17, 15) is 27.9 Å². The molecular weight excluding hydrogens is 521 g/mol. The van der Waals surface area contributed by atoms with Crippen molar-refractivity contribution in [1.82, 2.24) is 9.88 Å². The van der Waals surface area contributed by atoms with Gasteiger partial charge in [0.2, 0.25) is 0 Å². The molecule has 6 nitrogen and oxygen atoms in total. The van der Waals surface area contributed by atoms with Crippen LogP contribution >= 0.6 is 0 Å². The standard InChI is InChI=1S/C31H31F3N2O4/c1-18(21-8-11-23(12-9-21)31(32,33)34)35-28(37)22-10-15-25-26(19(2)36(5)27(25)17-22)16-20-6-13-24(14-7-20)40-30(3,4)29(38)39/h6-15,17-18H,16H2,1-5H3,(H,35,37)(H,38,39)/t18-/m0/s1. The van der Waals surface area contributed by atoms with Gasteiger partial charge in [0.25, 0.3) is 5.91 Å². The Morgan fingerprint density at radius 3 is 2.20 bits per heavy atom. The average molecular weight is 553 g/mol. The third-order valence-electron chi connectivity index (χ3n) is 7.16. The minimum Gasteiger partial charge on any atom is -0.478 e. The molecule has 1 heterocycles. The lowest BCUT2D eigenvalue weighted by Gasteiger charge is -2.21. The number of aryl methyl sites for hydroxylation is 1. The first kappa shape index (κ1) is 28.7. The number of hydrogen-bond donors (Lipinski definition) is 2. The van der Waals surface area contributed by atoms with Gasteiger partial charge in [0.05, 0.1) is 11.6 Å². The lowest BCUT2D eigenvalue weighted by molar-refractivity contribution is -0.152. The lowest BCUT2D eigenvalue weighted by atomic mass is 10.0. The Hall–Kier alpha value is -4.27. The predicted octanol–water partition coefficient (Wildman–Crippen LogP) is 6.83. The van der Waals surface area contributed by atoms with Gasteiger partial charge in [0.15, 0.2) is 5.60 Å². The Balaban J connectivity index is 1.51. The highest BCUT2D eigenvalue weighted by Crippen LogP contribution is 2.31. The van der Waals surface area contributed by atoms with E-state index in [2.05, 4.69) is 5.32 Å². The topological polar surface area (TPSA) is 80.6 Å². The molecule has 1 aromatic heterocycles. The zero-order valence-electron chi connectivity index (χ0n) is 22.9. The van der Waals surface area contributed by atoms with Crippen LogP contribution in [-0.2, 0) is 24.4 Å². The zero-order chi connectivity index (χ0) is 29.4. The number of nitrogens with zero attached hydrogens (tertiary/aromatic N) is 1. The molecule has 0 fully saturated rings. The lowest BCUT2D eigenvalue weighted by Crippen LogP contribution is -2.37. The number of aromatic nitrogens is 1. The molecule has 0 aliphatic rings. The van der Waals surface area contributed by atoms with Gasteiger partial charge < -0.3 is 19.7 Å². The molecule has 3 aromatic carbocycles. The summed E-state index contributed by atoms with van der Waals surface area (Å²) in [7, 11) is 1.93. The molecule has 9 heteroatoms. The first-order chi connectivity index (χ1) is 18.7. The van der Waals surface area contributed by atoms with E-state index >= 15 is 0 Å². The van der Waals surface area contributed by atoms with Crippen LogP contribution in [0.15, 0.2) is 66.7 Å². The van der Waals surface area contributed by atoms with E-state index in [1.165, 1.54) is 26.0 Å². The van der Waals surface area contributed by atoms with E-state index in [1.54, 1.807) is 25.1 Å². The van der Waals surface area contributed by atoms with Gasteiger partial charge in [-0.25, -0.2) is 4.79 Å². The molecule has 2 N–H and O–H groups in total. The van der Waals surface area contributed by atoms with Crippen LogP contribution in [0.4, 0.5) is 13.2 Å². The summed E-state index contributed by atoms with van der Waals surface area (Å²) in [5.74, 6) is -0.911. The van der Waals surface area contributed by atoms with Gasteiger partial charge in [0.1, 0.15) is 5.75 Å². The molecule has 0 spiro atoms. The number of ether oxygens (including phenoxy) is 1. The summed E-state index contributed by atoms with van der Waals surface area (Å²) in [5.41, 5.74) is 2.98. The molecule has 0 saturated carbocycles. The highest BCUT2D eigenvalue weighted by molar-refractivity contribution is 5.99. The Labute approximate surface area is 230 Å². The summed E-state index contributed by atoms with van der Waals surface area (Å²) in [4.78, 5) is 24.4. The molecule has 0 unspecified atom stereocenters. The summed E-state index contributed by atoms with van der Waals surface area (Å²) in [6.45, 7) is 6.72. The number of halogens is 3. The highest BCUT2D eigenvalue weighted by Gasteiger charge is 2.30. The van der Waals surface area contributed by atoms with Gasteiger partial charge in [-0.1, -0.05) is 30.3 Å². The third-order valence-corrected chi connectivity index (χ3v) is 7.16. The van der Waals surface area contributed by atoms with Gasteiger partial charge in [-0.05, 0) is 87.2 Å². The number of fused-ring (bicyclic) bond motifs is 1. The predicted molar refractivity (Wildman–Crippen MR) is 147 cm³/mol. The summed E-state index contributed by atoms with van der Waals surface area (Å²) in [5, 5.41) is 13.1. The van der Waals surface area contributed by atoms with Crippen molar-refractivity contribution in [1.29, 1.82) is 0 Å². The minimum absolute atomic E-state index is 0.324. The molecular formula is C31H31F3N2O4. The highest BCUT2D eigenvalue weighted by atomic mass is 19.4. The fraction of sp³-hybridized carbons (Fsp3) is 0.290. The molecule has 1 amide bonds. The van der Waals surface area contributed by atoms with E-state index < -0.39 is 29.4 Å². The smallest absolute Gasteiger partial charge is 0.416 e. The van der Waals surface area contributed by atoms with Gasteiger partial charge in [0, 0.05) is 29.2 Å². The van der Waals surface area contributed by atoms with Crippen LogP contribution in [0.2, 0.25) is 0 Å². The molecule has 0 bridgehead atoms. The summed E-state index contributed by atoms with van der Waals surface area (Å²) >= 11 is 0. The van der Waals surface area contributed by atoms with Crippen molar-refractivity contribution in [3.63, 3.8) is 0 Å². The Morgan fingerprint density at radius 2 is 1.62 bits per heavy atom. The minimum atomic E-state index is -4.41. The number of nitrogens with one attached hydrogen (secondary N) is 1. The number of rotatable bonds is 8. The summed E-state index contributed by atoms with van der Waals surface area (Å²) in [6, 6.07) is 17.0. The van der Waals surface area contributed by atoms with Crippen molar-refractivity contribution >= 4 is 22.8 Å². The van der Waals surface area contributed by atoms with Crippen LogP contribution < -0.4 is 10.1 Å². The first-order valence-corrected chi connectivity index (χ1v) is 12.7. The number of hydrogen-bond acceptors (Lipinski definition) is 3. The number of carbonyl (C=O) groups is 2. The number of carbonyl (C=O) groups excluding carboxylic acids is 1. The first-order valence-electron chi connectivity index (χ1n) is 12.7. The second kappa shape index (κ2) is 10.7. The van der Waals surface area contributed by atoms with Crippen LogP contribution in [0.1, 0.15) is 65.1 Å². The fourth-order valence-corrected chi connectivity index (χ4v) is 4.55. The van der Waals surface area contributed by atoms with Crippen LogP contribution in [-0.4, -0.2) is 27.2 Å². The van der Waals surface area contributed by atoms with Gasteiger partial charge in [-0.15, -0.1) is 0 Å². The van der Waals surface area contributed by atoms with E-state index in [-0.39, 0.29) is 5.91 Å². The SMILES string of the molecule is Cc1c(Cc2ccc(OC(C)(C)C(=O)O)cc2)c2ccc(C(=O)N[C@@H](C)c3ccc(C(F)(F)F)cc3)cc2n1C. The van der Waals surface area contributed by atoms with E-state index in [4.69, 9.17) is 4.74 Å². The molecule has 0 saturated heterocycles. The molecule has 0 radical (unpaired) electrons. The maximum atomic E-state index is 13.0. The number of alkyl halides is 3. The Kier molecular flexibility index (Phi) is 7.70. The second-order valence-electron chi connectivity index (χ2n) is 10.4. The maximum absolute atomic E-state index is 13.0.